The molecule has 1 aromatic rings. The molecule has 1 aromatic carbocycles. The first-order chi connectivity index (χ1) is 9.16. The first kappa shape index (κ1) is 14.8. The minimum Gasteiger partial charge on any atom is -0.313 e. The average molecular weight is 285 g/mol. The number of rotatable bonds is 5. The number of halogens is 2. The molecule has 0 bridgehead atoms. The van der Waals surface area contributed by atoms with E-state index in [1.54, 1.807) is 18.2 Å². The molecule has 2 nitrogen and oxygen atoms in total. The zero-order chi connectivity index (χ0) is 13.7. The van der Waals surface area contributed by atoms with Gasteiger partial charge in [-0.15, -0.1) is 0 Å². The summed E-state index contributed by atoms with van der Waals surface area (Å²) < 4.78 is 13.6. The zero-order valence-corrected chi connectivity index (χ0v) is 12.2. The van der Waals surface area contributed by atoms with Gasteiger partial charge >= 0.3 is 0 Å². The molecule has 19 heavy (non-hydrogen) atoms. The van der Waals surface area contributed by atoms with Crippen molar-refractivity contribution in [3.05, 3.63) is 34.6 Å². The quantitative estimate of drug-likeness (QED) is 0.835. The number of likely N-dealkylation sites (tertiary alicyclic amines) is 1. The Kier molecular flexibility index (Phi) is 5.61. The van der Waals surface area contributed by atoms with E-state index in [1.165, 1.54) is 32.4 Å². The summed E-state index contributed by atoms with van der Waals surface area (Å²) in [5, 5.41) is 3.52. The van der Waals surface area contributed by atoms with E-state index in [-0.39, 0.29) is 10.8 Å². The van der Waals surface area contributed by atoms with Crippen LogP contribution in [-0.4, -0.2) is 31.6 Å². The Morgan fingerprint density at radius 2 is 2.11 bits per heavy atom. The lowest BCUT2D eigenvalue weighted by molar-refractivity contribution is 0.211. The van der Waals surface area contributed by atoms with Crippen LogP contribution in [0.15, 0.2) is 18.2 Å². The van der Waals surface area contributed by atoms with Crippen molar-refractivity contribution in [2.24, 2.45) is 5.92 Å². The van der Waals surface area contributed by atoms with E-state index in [1.807, 2.05) is 0 Å². The lowest BCUT2D eigenvalue weighted by atomic mass is 9.94. The Hall–Kier alpha value is -0.640. The van der Waals surface area contributed by atoms with Crippen LogP contribution >= 0.6 is 11.6 Å². The van der Waals surface area contributed by atoms with Crippen molar-refractivity contribution in [1.82, 2.24) is 10.2 Å². The molecule has 1 fully saturated rings. The van der Waals surface area contributed by atoms with E-state index in [4.69, 9.17) is 11.6 Å². The first-order valence-corrected chi connectivity index (χ1v) is 7.37. The van der Waals surface area contributed by atoms with Gasteiger partial charge in [0.1, 0.15) is 5.82 Å². The molecule has 4 heteroatoms. The summed E-state index contributed by atoms with van der Waals surface area (Å²) in [5.41, 5.74) is 0.649. The first-order valence-electron chi connectivity index (χ1n) is 6.99. The van der Waals surface area contributed by atoms with Crippen molar-refractivity contribution >= 4 is 11.6 Å². The van der Waals surface area contributed by atoms with E-state index >= 15 is 0 Å². The third-order valence-electron chi connectivity index (χ3n) is 3.91. The highest BCUT2D eigenvalue weighted by atomic mass is 35.5. The van der Waals surface area contributed by atoms with Crippen LogP contribution in [-0.2, 0) is 6.54 Å². The second-order valence-electron chi connectivity index (χ2n) is 5.43. The third-order valence-corrected chi connectivity index (χ3v) is 4.21. The molecular formula is C15H22ClFN2. The largest absolute Gasteiger partial charge is 0.313 e. The molecule has 0 aliphatic carbocycles. The van der Waals surface area contributed by atoms with Crippen molar-refractivity contribution in [2.45, 2.75) is 25.8 Å². The lowest BCUT2D eigenvalue weighted by Gasteiger charge is -2.28. The second-order valence-corrected chi connectivity index (χ2v) is 5.83. The summed E-state index contributed by atoms with van der Waals surface area (Å²) in [6.07, 6.45) is 3.74. The summed E-state index contributed by atoms with van der Waals surface area (Å²) >= 11 is 5.75. The summed E-state index contributed by atoms with van der Waals surface area (Å²) in [5.74, 6) is 0.517. The predicted octanol–water partition coefficient (Wildman–Crippen LogP) is 3.30. The van der Waals surface area contributed by atoms with E-state index in [9.17, 15) is 4.39 Å². The lowest BCUT2D eigenvalue weighted by Crippen LogP contribution is -2.31. The Morgan fingerprint density at radius 1 is 1.37 bits per heavy atom. The van der Waals surface area contributed by atoms with E-state index in [0.29, 0.717) is 12.1 Å². The molecule has 0 atom stereocenters. The van der Waals surface area contributed by atoms with Gasteiger partial charge in [0, 0.05) is 12.1 Å². The predicted molar refractivity (Wildman–Crippen MR) is 78.0 cm³/mol. The fraction of sp³-hybridized carbons (Fsp3) is 0.600. The molecule has 1 N–H and O–H groups in total. The maximum Gasteiger partial charge on any atom is 0.146 e. The number of hydrogen-bond acceptors (Lipinski definition) is 2. The molecule has 1 aliphatic heterocycles. The number of nitrogens with one attached hydrogen (secondary N) is 1. The van der Waals surface area contributed by atoms with Crippen LogP contribution in [0.1, 0.15) is 24.8 Å². The Balaban J connectivity index is 1.68. The minimum atomic E-state index is -0.295. The standard InChI is InChI=1S/C15H22ClFN2/c1-19-9-6-12(7-10-19)5-8-18-11-13-3-2-4-14(16)15(13)17/h2-4,12,18H,5-11H2,1H3. The molecule has 0 aromatic heterocycles. The van der Waals surface area contributed by atoms with Crippen LogP contribution in [0.2, 0.25) is 5.02 Å². The minimum absolute atomic E-state index is 0.203. The summed E-state index contributed by atoms with van der Waals surface area (Å²) in [4.78, 5) is 2.38. The van der Waals surface area contributed by atoms with E-state index < -0.39 is 0 Å². The van der Waals surface area contributed by atoms with Crippen LogP contribution in [0.4, 0.5) is 4.39 Å². The highest BCUT2D eigenvalue weighted by molar-refractivity contribution is 6.30. The summed E-state index contributed by atoms with van der Waals surface area (Å²) in [6.45, 7) is 3.90. The van der Waals surface area contributed by atoms with Gasteiger partial charge in [-0.3, -0.25) is 0 Å². The maximum absolute atomic E-state index is 13.6. The monoisotopic (exact) mass is 284 g/mol. The fourth-order valence-corrected chi connectivity index (χ4v) is 2.76. The zero-order valence-electron chi connectivity index (χ0n) is 11.5. The molecule has 1 saturated heterocycles. The molecule has 1 heterocycles. The van der Waals surface area contributed by atoms with Crippen LogP contribution in [0.5, 0.6) is 0 Å². The average Bonchev–Trinajstić information content (AvgIpc) is 2.41. The highest BCUT2D eigenvalue weighted by Crippen LogP contribution is 2.19. The number of hydrogen-bond donors (Lipinski definition) is 1. The number of nitrogens with zero attached hydrogens (tertiary/aromatic N) is 1. The summed E-state index contributed by atoms with van der Waals surface area (Å²) in [6, 6.07) is 5.15. The van der Waals surface area contributed by atoms with Crippen molar-refractivity contribution in [3.8, 4) is 0 Å². The molecular weight excluding hydrogens is 263 g/mol. The van der Waals surface area contributed by atoms with E-state index in [0.717, 1.165) is 12.5 Å². The normalized spacial score (nSPS) is 17.8. The molecule has 0 saturated carbocycles. The van der Waals surface area contributed by atoms with Crippen molar-refractivity contribution in [1.29, 1.82) is 0 Å². The van der Waals surface area contributed by atoms with Crippen molar-refractivity contribution in [3.63, 3.8) is 0 Å². The Bertz CT molecular complexity index is 403. The van der Waals surface area contributed by atoms with Crippen molar-refractivity contribution < 1.29 is 4.39 Å². The van der Waals surface area contributed by atoms with Gasteiger partial charge in [-0.2, -0.15) is 0 Å². The molecule has 0 unspecified atom stereocenters. The van der Waals surface area contributed by atoms with Gasteiger partial charge in [0.25, 0.3) is 0 Å². The fourth-order valence-electron chi connectivity index (χ4n) is 2.56. The van der Waals surface area contributed by atoms with Gasteiger partial charge in [-0.25, -0.2) is 4.39 Å². The van der Waals surface area contributed by atoms with Gasteiger partial charge in [0.2, 0.25) is 0 Å². The molecule has 106 valence electrons. The van der Waals surface area contributed by atoms with E-state index in [2.05, 4.69) is 17.3 Å². The van der Waals surface area contributed by atoms with Crippen LogP contribution in [0.3, 0.4) is 0 Å². The Morgan fingerprint density at radius 3 is 2.84 bits per heavy atom. The van der Waals surface area contributed by atoms with Crippen LogP contribution in [0.25, 0.3) is 0 Å². The van der Waals surface area contributed by atoms with Crippen LogP contribution in [0, 0.1) is 11.7 Å². The van der Waals surface area contributed by atoms with Crippen molar-refractivity contribution in [2.75, 3.05) is 26.7 Å². The molecule has 0 amide bonds. The SMILES string of the molecule is CN1CCC(CCNCc2cccc(Cl)c2F)CC1. The van der Waals surface area contributed by atoms with Crippen LogP contribution < -0.4 is 5.32 Å². The number of piperidine rings is 1. The Labute approximate surface area is 119 Å². The smallest absolute Gasteiger partial charge is 0.146 e. The van der Waals surface area contributed by atoms with Gasteiger partial charge in [0.05, 0.1) is 5.02 Å². The third kappa shape index (κ3) is 4.44. The molecule has 1 aliphatic rings. The summed E-state index contributed by atoms with van der Waals surface area (Å²) in [7, 11) is 2.18. The number of benzene rings is 1. The topological polar surface area (TPSA) is 15.3 Å². The van der Waals surface area contributed by atoms with Gasteiger partial charge < -0.3 is 10.2 Å². The highest BCUT2D eigenvalue weighted by Gasteiger charge is 2.15. The van der Waals surface area contributed by atoms with Gasteiger partial charge in [-0.1, -0.05) is 23.7 Å². The second kappa shape index (κ2) is 7.22. The molecule has 0 spiro atoms. The molecule has 0 radical (unpaired) electrons. The van der Waals surface area contributed by atoms with Gasteiger partial charge in [-0.05, 0) is 57.9 Å². The van der Waals surface area contributed by atoms with Gasteiger partial charge in [0.15, 0.2) is 0 Å². The molecule has 2 rings (SSSR count). The maximum atomic E-state index is 13.6.